The highest BCUT2D eigenvalue weighted by Gasteiger charge is 2.28. The minimum Gasteiger partial charge on any atom is -0.394 e. The minimum absolute atomic E-state index is 0.0839. The number of likely N-dealkylation sites (N-methyl/N-ethyl adjacent to an activating group) is 1. The minimum atomic E-state index is -0.585. The molecule has 0 aliphatic rings. The molecule has 0 saturated heterocycles. The molecule has 0 fully saturated rings. The molecular weight excluding hydrogens is 260 g/mol. The summed E-state index contributed by atoms with van der Waals surface area (Å²) >= 11 is 1.36. The number of rotatable bonds is 3. The maximum absolute atomic E-state index is 12.3. The number of aryl methyl sites for hydroxylation is 1. The summed E-state index contributed by atoms with van der Waals surface area (Å²) < 4.78 is 0. The van der Waals surface area contributed by atoms with Crippen molar-refractivity contribution in [2.45, 2.75) is 26.3 Å². The third-order valence-electron chi connectivity index (χ3n) is 3.03. The van der Waals surface area contributed by atoms with Crippen LogP contribution in [0.2, 0.25) is 0 Å². The normalized spacial score (nSPS) is 10.8. The smallest absolute Gasteiger partial charge is 0.264 e. The van der Waals surface area contributed by atoms with E-state index in [4.69, 9.17) is 5.73 Å². The van der Waals surface area contributed by atoms with Crippen molar-refractivity contribution >= 4 is 17.2 Å². The highest BCUT2D eigenvalue weighted by molar-refractivity contribution is 7.14. The Hall–Kier alpha value is -1.35. The molecule has 0 saturated carbocycles. The molecule has 19 heavy (non-hydrogen) atoms. The molecule has 4 nitrogen and oxygen atoms in total. The van der Waals surface area contributed by atoms with Crippen LogP contribution in [0.3, 0.4) is 0 Å². The average Bonchev–Trinajstić information content (AvgIpc) is 2.75. The molecule has 104 valence electrons. The monoisotopic (exact) mass is 280 g/mol. The largest absolute Gasteiger partial charge is 0.394 e. The molecule has 0 bridgehead atoms. The van der Waals surface area contributed by atoms with Gasteiger partial charge in [-0.3, -0.25) is 4.79 Å². The Morgan fingerprint density at radius 2 is 2.21 bits per heavy atom. The van der Waals surface area contributed by atoms with Crippen molar-refractivity contribution < 1.29 is 9.90 Å². The van der Waals surface area contributed by atoms with Crippen molar-refractivity contribution in [1.29, 1.82) is 0 Å². The predicted octanol–water partition coefficient (Wildman–Crippen LogP) is 1.21. The molecule has 0 aliphatic carbocycles. The van der Waals surface area contributed by atoms with Crippen LogP contribution in [0, 0.1) is 18.8 Å². The maximum Gasteiger partial charge on any atom is 0.264 e. The van der Waals surface area contributed by atoms with Crippen LogP contribution in [-0.4, -0.2) is 41.7 Å². The molecule has 0 unspecified atom stereocenters. The summed E-state index contributed by atoms with van der Waals surface area (Å²) in [6, 6.07) is 1.83. The van der Waals surface area contributed by atoms with Crippen molar-refractivity contribution in [3.63, 3.8) is 0 Å². The van der Waals surface area contributed by atoms with Crippen molar-refractivity contribution in [2.75, 3.05) is 20.2 Å². The van der Waals surface area contributed by atoms with E-state index >= 15 is 0 Å². The Bertz CT molecular complexity index is 523. The van der Waals surface area contributed by atoms with E-state index in [0.717, 1.165) is 10.4 Å². The van der Waals surface area contributed by atoms with Gasteiger partial charge in [0.25, 0.3) is 5.91 Å². The number of aliphatic hydroxyl groups is 1. The molecule has 0 radical (unpaired) electrons. The fraction of sp³-hybridized carbons (Fsp3) is 0.500. The zero-order valence-corrected chi connectivity index (χ0v) is 12.6. The molecule has 1 rings (SSSR count). The van der Waals surface area contributed by atoms with Crippen molar-refractivity contribution in [3.8, 4) is 11.8 Å². The lowest BCUT2D eigenvalue weighted by Crippen LogP contribution is -2.47. The first-order valence-corrected chi connectivity index (χ1v) is 6.83. The summed E-state index contributed by atoms with van der Waals surface area (Å²) in [4.78, 5) is 15.4. The standard InChI is InChI=1S/C14H20N2O2S/c1-10-8-12(19-11(10)6-5-7-15)13(18)16(4)14(2,3)9-17/h8,17H,7,9,15H2,1-4H3. The van der Waals surface area contributed by atoms with Crippen LogP contribution in [-0.2, 0) is 0 Å². The Kier molecular flexibility index (Phi) is 5.12. The van der Waals surface area contributed by atoms with Crippen LogP contribution >= 0.6 is 11.3 Å². The quantitative estimate of drug-likeness (QED) is 0.818. The van der Waals surface area contributed by atoms with Gasteiger partial charge in [-0.05, 0) is 32.4 Å². The second-order valence-corrected chi connectivity index (χ2v) is 6.02. The summed E-state index contributed by atoms with van der Waals surface area (Å²) in [6.07, 6.45) is 0. The molecule has 0 spiro atoms. The molecule has 0 aromatic carbocycles. The number of nitrogens with two attached hydrogens (primary N) is 1. The number of amides is 1. The van der Waals surface area contributed by atoms with Gasteiger partial charge >= 0.3 is 0 Å². The Morgan fingerprint density at radius 3 is 2.74 bits per heavy atom. The van der Waals surface area contributed by atoms with E-state index in [1.165, 1.54) is 11.3 Å². The molecule has 1 aromatic rings. The molecule has 1 amide bonds. The van der Waals surface area contributed by atoms with E-state index in [2.05, 4.69) is 11.8 Å². The Balaban J connectivity index is 3.02. The van der Waals surface area contributed by atoms with Crippen LogP contribution in [0.1, 0.15) is 34.0 Å². The molecule has 1 heterocycles. The summed E-state index contributed by atoms with van der Waals surface area (Å²) in [6.45, 7) is 5.78. The number of hydrogen-bond donors (Lipinski definition) is 2. The number of hydrogen-bond acceptors (Lipinski definition) is 4. The zero-order chi connectivity index (χ0) is 14.6. The van der Waals surface area contributed by atoms with E-state index in [9.17, 15) is 9.90 Å². The van der Waals surface area contributed by atoms with E-state index in [1.807, 2.05) is 26.8 Å². The number of carbonyl (C=O) groups is 1. The lowest BCUT2D eigenvalue weighted by molar-refractivity contribution is 0.0478. The predicted molar refractivity (Wildman–Crippen MR) is 78.2 cm³/mol. The lowest BCUT2D eigenvalue weighted by atomic mass is 10.1. The molecular formula is C14H20N2O2S. The van der Waals surface area contributed by atoms with Crippen molar-refractivity contribution in [3.05, 3.63) is 21.4 Å². The average molecular weight is 280 g/mol. The van der Waals surface area contributed by atoms with Gasteiger partial charge in [-0.1, -0.05) is 11.8 Å². The first-order chi connectivity index (χ1) is 8.83. The van der Waals surface area contributed by atoms with Crippen molar-refractivity contribution in [2.24, 2.45) is 5.73 Å². The molecule has 3 N–H and O–H groups in total. The number of aliphatic hydroxyl groups excluding tert-OH is 1. The van der Waals surface area contributed by atoms with E-state index in [0.29, 0.717) is 11.4 Å². The Morgan fingerprint density at radius 1 is 1.58 bits per heavy atom. The fourth-order valence-corrected chi connectivity index (χ4v) is 2.41. The molecule has 0 aliphatic heterocycles. The summed E-state index contributed by atoms with van der Waals surface area (Å²) in [5, 5.41) is 9.31. The first kappa shape index (κ1) is 15.7. The second kappa shape index (κ2) is 6.20. The molecule has 0 atom stereocenters. The molecule has 5 heteroatoms. The topological polar surface area (TPSA) is 66.6 Å². The van der Waals surface area contributed by atoms with Gasteiger partial charge < -0.3 is 15.7 Å². The summed E-state index contributed by atoms with van der Waals surface area (Å²) in [5.74, 6) is 5.65. The molecule has 1 aromatic heterocycles. The Labute approximate surface area is 118 Å². The van der Waals surface area contributed by atoms with Gasteiger partial charge in [-0.2, -0.15) is 0 Å². The van der Waals surface area contributed by atoms with Crippen LogP contribution in [0.15, 0.2) is 6.07 Å². The second-order valence-electron chi connectivity index (χ2n) is 4.96. The maximum atomic E-state index is 12.3. The van der Waals surface area contributed by atoms with E-state index in [1.54, 1.807) is 11.9 Å². The third-order valence-corrected chi connectivity index (χ3v) is 4.17. The first-order valence-electron chi connectivity index (χ1n) is 6.02. The van der Waals surface area contributed by atoms with E-state index < -0.39 is 5.54 Å². The highest BCUT2D eigenvalue weighted by atomic mass is 32.1. The van der Waals surface area contributed by atoms with Gasteiger partial charge in [0.05, 0.1) is 28.4 Å². The van der Waals surface area contributed by atoms with Gasteiger partial charge in [-0.25, -0.2) is 0 Å². The van der Waals surface area contributed by atoms with Crippen molar-refractivity contribution in [1.82, 2.24) is 4.90 Å². The van der Waals surface area contributed by atoms with Gasteiger partial charge in [0, 0.05) is 7.05 Å². The highest BCUT2D eigenvalue weighted by Crippen LogP contribution is 2.24. The lowest BCUT2D eigenvalue weighted by Gasteiger charge is -2.33. The summed E-state index contributed by atoms with van der Waals surface area (Å²) in [7, 11) is 1.69. The van der Waals surface area contributed by atoms with Gasteiger partial charge in [0.1, 0.15) is 0 Å². The van der Waals surface area contributed by atoms with Crippen LogP contribution < -0.4 is 5.73 Å². The van der Waals surface area contributed by atoms with Crippen LogP contribution in [0.25, 0.3) is 0 Å². The van der Waals surface area contributed by atoms with Gasteiger partial charge in [-0.15, -0.1) is 11.3 Å². The van der Waals surface area contributed by atoms with Crippen LogP contribution in [0.5, 0.6) is 0 Å². The van der Waals surface area contributed by atoms with E-state index in [-0.39, 0.29) is 12.5 Å². The van der Waals surface area contributed by atoms with Crippen LogP contribution in [0.4, 0.5) is 0 Å². The van der Waals surface area contributed by atoms with Gasteiger partial charge in [0.15, 0.2) is 0 Å². The third kappa shape index (κ3) is 3.57. The SMILES string of the molecule is Cc1cc(C(=O)N(C)C(C)(C)CO)sc1C#CCN. The summed E-state index contributed by atoms with van der Waals surface area (Å²) in [5.41, 5.74) is 5.74. The zero-order valence-electron chi connectivity index (χ0n) is 11.8. The number of carbonyl (C=O) groups excluding carboxylic acids is 1. The van der Waals surface area contributed by atoms with Gasteiger partial charge in [0.2, 0.25) is 0 Å². The number of nitrogens with zero attached hydrogens (tertiary/aromatic N) is 1. The number of thiophene rings is 1. The fourth-order valence-electron chi connectivity index (χ4n) is 1.39.